The van der Waals surface area contributed by atoms with Gasteiger partial charge < -0.3 is 4.90 Å². The van der Waals surface area contributed by atoms with Crippen LogP contribution in [0.5, 0.6) is 0 Å². The van der Waals surface area contributed by atoms with E-state index in [9.17, 15) is 14.4 Å². The van der Waals surface area contributed by atoms with Gasteiger partial charge in [-0.25, -0.2) is 9.31 Å². The molecule has 1 aliphatic carbocycles. The number of rotatable bonds is 4. The molecule has 1 saturated heterocycles. The van der Waals surface area contributed by atoms with Crippen LogP contribution in [0.4, 0.5) is 0 Å². The summed E-state index contributed by atoms with van der Waals surface area (Å²) in [5.74, 6) is 1.16. The highest BCUT2D eigenvalue weighted by Gasteiger charge is 2.29. The van der Waals surface area contributed by atoms with Gasteiger partial charge in [0.05, 0.1) is 17.4 Å². The summed E-state index contributed by atoms with van der Waals surface area (Å²) in [6, 6.07) is 5.47. The maximum atomic E-state index is 12.8. The van der Waals surface area contributed by atoms with Crippen molar-refractivity contribution in [2.45, 2.75) is 51.4 Å². The molecule has 3 aromatic rings. The van der Waals surface area contributed by atoms with Crippen LogP contribution in [0.3, 0.4) is 0 Å². The third-order valence-corrected chi connectivity index (χ3v) is 7.05. The van der Waals surface area contributed by atoms with Crippen molar-refractivity contribution in [1.82, 2.24) is 24.1 Å². The van der Waals surface area contributed by atoms with Crippen molar-refractivity contribution in [3.05, 3.63) is 63.2 Å². The van der Waals surface area contributed by atoms with Crippen LogP contribution in [-0.2, 0) is 11.2 Å². The van der Waals surface area contributed by atoms with Gasteiger partial charge in [-0.1, -0.05) is 19.3 Å². The fraction of sp³-hybridized carbons (Fsp3) is 0.500. The predicted octanol–water partition coefficient (Wildman–Crippen LogP) is 2.53. The third-order valence-electron chi connectivity index (χ3n) is 7.05. The molecule has 1 amide bonds. The highest BCUT2D eigenvalue weighted by Crippen LogP contribution is 2.29. The molecule has 0 aromatic carbocycles. The number of hydrogen-bond acceptors (Lipinski definition) is 4. The molecule has 8 nitrogen and oxygen atoms in total. The Hall–Kier alpha value is -3.16. The van der Waals surface area contributed by atoms with Gasteiger partial charge >= 0.3 is 5.69 Å². The van der Waals surface area contributed by atoms with Gasteiger partial charge in [-0.05, 0) is 55.7 Å². The van der Waals surface area contributed by atoms with Gasteiger partial charge in [-0.2, -0.15) is 5.10 Å². The fourth-order valence-electron chi connectivity index (χ4n) is 5.23. The molecule has 168 valence electrons. The topological polar surface area (TPSA) is 92.5 Å². The molecular formula is C24H29N5O3. The van der Waals surface area contributed by atoms with Crippen LogP contribution in [0.1, 0.15) is 50.5 Å². The number of likely N-dealkylation sites (tertiary alicyclic amines) is 1. The standard InChI is InChI=1S/C24H29N5O3/c30-22-9-12-28(24(32)26-22)21-16-25-29-13-8-18(15-20(21)29)14-17-6-10-27(11-7-17)23(31)19-4-2-1-3-5-19/h8-9,12-13,15-17,19H,1-7,10-11,14H2,(H,26,30,32). The lowest BCUT2D eigenvalue weighted by atomic mass is 9.86. The van der Waals surface area contributed by atoms with E-state index in [1.54, 1.807) is 10.7 Å². The number of nitrogens with one attached hydrogen (secondary N) is 1. The Morgan fingerprint density at radius 1 is 1.03 bits per heavy atom. The molecule has 4 heterocycles. The third kappa shape index (κ3) is 4.13. The quantitative estimate of drug-likeness (QED) is 0.682. The summed E-state index contributed by atoms with van der Waals surface area (Å²) >= 11 is 0. The highest BCUT2D eigenvalue weighted by atomic mass is 16.2. The van der Waals surface area contributed by atoms with E-state index in [1.165, 1.54) is 41.7 Å². The minimum absolute atomic E-state index is 0.249. The highest BCUT2D eigenvalue weighted by molar-refractivity contribution is 5.79. The molecular weight excluding hydrogens is 406 g/mol. The monoisotopic (exact) mass is 435 g/mol. The Morgan fingerprint density at radius 2 is 1.81 bits per heavy atom. The first-order valence-electron chi connectivity index (χ1n) is 11.7. The zero-order valence-electron chi connectivity index (χ0n) is 18.2. The van der Waals surface area contributed by atoms with Crippen LogP contribution in [-0.4, -0.2) is 43.1 Å². The zero-order valence-corrected chi connectivity index (χ0v) is 18.2. The van der Waals surface area contributed by atoms with Crippen molar-refractivity contribution in [2.75, 3.05) is 13.1 Å². The van der Waals surface area contributed by atoms with Crippen LogP contribution >= 0.6 is 0 Å². The maximum Gasteiger partial charge on any atom is 0.333 e. The lowest BCUT2D eigenvalue weighted by molar-refractivity contribution is -0.138. The summed E-state index contributed by atoms with van der Waals surface area (Å²) in [7, 11) is 0. The lowest BCUT2D eigenvalue weighted by Gasteiger charge is -2.35. The number of amides is 1. The van der Waals surface area contributed by atoms with E-state index in [0.717, 1.165) is 50.7 Å². The second-order valence-corrected chi connectivity index (χ2v) is 9.18. The van der Waals surface area contributed by atoms with Gasteiger partial charge in [0.15, 0.2) is 0 Å². The van der Waals surface area contributed by atoms with Gasteiger partial charge in [0.25, 0.3) is 5.56 Å². The summed E-state index contributed by atoms with van der Waals surface area (Å²) in [5, 5.41) is 4.34. The normalized spacial score (nSPS) is 18.3. The Bertz CT molecular complexity index is 1230. The molecule has 5 rings (SSSR count). The molecule has 0 spiro atoms. The fourth-order valence-corrected chi connectivity index (χ4v) is 5.23. The molecule has 1 N–H and O–H groups in total. The number of H-pyrrole nitrogens is 1. The second-order valence-electron chi connectivity index (χ2n) is 9.18. The van der Waals surface area contributed by atoms with Gasteiger partial charge in [0.2, 0.25) is 5.91 Å². The number of pyridine rings is 1. The van der Waals surface area contributed by atoms with Crippen molar-refractivity contribution >= 4 is 11.4 Å². The van der Waals surface area contributed by atoms with Crippen molar-refractivity contribution in [3.8, 4) is 5.69 Å². The van der Waals surface area contributed by atoms with Crippen molar-refractivity contribution in [3.63, 3.8) is 0 Å². The smallest absolute Gasteiger partial charge is 0.333 e. The molecule has 2 fully saturated rings. The first-order valence-corrected chi connectivity index (χ1v) is 11.7. The van der Waals surface area contributed by atoms with E-state index in [2.05, 4.69) is 27.1 Å². The molecule has 0 atom stereocenters. The Kier molecular flexibility index (Phi) is 5.68. The van der Waals surface area contributed by atoms with Crippen molar-refractivity contribution in [2.24, 2.45) is 11.8 Å². The molecule has 8 heteroatoms. The van der Waals surface area contributed by atoms with Gasteiger partial charge in [-0.15, -0.1) is 0 Å². The van der Waals surface area contributed by atoms with E-state index >= 15 is 0 Å². The first kappa shape index (κ1) is 20.7. The molecule has 1 saturated carbocycles. The van der Waals surface area contributed by atoms with E-state index in [0.29, 0.717) is 17.5 Å². The largest absolute Gasteiger partial charge is 0.342 e. The summed E-state index contributed by atoms with van der Waals surface area (Å²) in [4.78, 5) is 40.8. The zero-order chi connectivity index (χ0) is 22.1. The average molecular weight is 436 g/mol. The number of carbonyl (C=O) groups is 1. The number of fused-ring (bicyclic) bond motifs is 1. The van der Waals surface area contributed by atoms with Crippen LogP contribution in [0.2, 0.25) is 0 Å². The average Bonchev–Trinajstić information content (AvgIpc) is 3.23. The van der Waals surface area contributed by atoms with E-state index in [4.69, 9.17) is 0 Å². The minimum Gasteiger partial charge on any atom is -0.342 e. The van der Waals surface area contributed by atoms with Crippen molar-refractivity contribution < 1.29 is 4.79 Å². The number of aromatic nitrogens is 4. The van der Waals surface area contributed by atoms with Crippen LogP contribution in [0.15, 0.2) is 46.4 Å². The number of piperidine rings is 1. The Labute approximate surface area is 185 Å². The number of nitrogens with zero attached hydrogens (tertiary/aromatic N) is 4. The summed E-state index contributed by atoms with van der Waals surface area (Å²) in [5.41, 5.74) is 1.75. The Morgan fingerprint density at radius 3 is 2.56 bits per heavy atom. The predicted molar refractivity (Wildman–Crippen MR) is 121 cm³/mol. The van der Waals surface area contributed by atoms with Crippen molar-refractivity contribution in [1.29, 1.82) is 0 Å². The molecule has 1 aliphatic heterocycles. The van der Waals surface area contributed by atoms with Gasteiger partial charge in [0, 0.05) is 37.5 Å². The minimum atomic E-state index is -0.479. The molecule has 0 unspecified atom stereocenters. The number of aromatic amines is 1. The van der Waals surface area contributed by atoms with E-state index in [1.807, 2.05) is 6.20 Å². The maximum absolute atomic E-state index is 12.8. The molecule has 2 aliphatic rings. The van der Waals surface area contributed by atoms with Gasteiger partial charge in [-0.3, -0.25) is 19.1 Å². The van der Waals surface area contributed by atoms with Gasteiger partial charge in [0.1, 0.15) is 0 Å². The summed E-state index contributed by atoms with van der Waals surface area (Å²) < 4.78 is 3.14. The SMILES string of the molecule is O=C(C1CCCCC1)N1CCC(Cc2ccn3ncc(-n4ccc(=O)[nH]c4=O)c3c2)CC1. The molecule has 0 radical (unpaired) electrons. The van der Waals surface area contributed by atoms with E-state index in [-0.39, 0.29) is 5.92 Å². The lowest BCUT2D eigenvalue weighted by Crippen LogP contribution is -2.42. The number of hydrogen-bond donors (Lipinski definition) is 1. The molecule has 0 bridgehead atoms. The number of carbonyl (C=O) groups excluding carboxylic acids is 1. The first-order chi connectivity index (χ1) is 15.6. The second kappa shape index (κ2) is 8.76. The summed E-state index contributed by atoms with van der Waals surface area (Å²) in [6.07, 6.45) is 13.8. The van der Waals surface area contributed by atoms with Crippen LogP contribution in [0, 0.1) is 11.8 Å². The summed E-state index contributed by atoms with van der Waals surface area (Å²) in [6.45, 7) is 1.71. The molecule has 3 aromatic heterocycles. The van der Waals surface area contributed by atoms with Crippen LogP contribution in [0.25, 0.3) is 11.2 Å². The Balaban J connectivity index is 1.27. The molecule has 32 heavy (non-hydrogen) atoms. The van der Waals surface area contributed by atoms with E-state index < -0.39 is 11.2 Å². The van der Waals surface area contributed by atoms with Crippen LogP contribution < -0.4 is 11.2 Å².